The molecule has 2 amide bonds. The van der Waals surface area contributed by atoms with Crippen molar-refractivity contribution in [1.29, 1.82) is 0 Å². The lowest BCUT2D eigenvalue weighted by molar-refractivity contribution is 0.172. The summed E-state index contributed by atoms with van der Waals surface area (Å²) in [6.07, 6.45) is 4.49. The van der Waals surface area contributed by atoms with E-state index in [4.69, 9.17) is 11.5 Å². The Balaban J connectivity index is 1.15. The topological polar surface area (TPSA) is 123 Å². The predicted molar refractivity (Wildman–Crippen MR) is 136 cm³/mol. The second-order valence-corrected chi connectivity index (χ2v) is 11.3. The first-order valence-electron chi connectivity index (χ1n) is 12.7. The molecule has 35 heavy (non-hydrogen) atoms. The molecule has 188 valence electrons. The molecular weight excluding hydrogens is 442 g/mol. The molecule has 1 aromatic carbocycles. The third-order valence-electron chi connectivity index (χ3n) is 7.71. The van der Waals surface area contributed by atoms with Crippen LogP contribution in [0.1, 0.15) is 38.7 Å². The average molecular weight is 480 g/mol. The van der Waals surface area contributed by atoms with Crippen molar-refractivity contribution in [2.45, 2.75) is 51.2 Å². The summed E-state index contributed by atoms with van der Waals surface area (Å²) in [6.45, 7) is 8.51. The normalized spacial score (nSPS) is 24.9. The Hall–Kier alpha value is -2.75. The lowest BCUT2D eigenvalue weighted by atomic mass is 9.85. The number of carbonyl (C=O) groups excluding carboxylic acids is 1. The highest BCUT2D eigenvalue weighted by Crippen LogP contribution is 2.44. The fourth-order valence-electron chi connectivity index (χ4n) is 5.75. The number of amides is 2. The number of nitrogens with two attached hydrogens (primary N) is 2. The molecular formula is C26H37N7O2. The minimum absolute atomic E-state index is 0.188. The van der Waals surface area contributed by atoms with Gasteiger partial charge in [-0.3, -0.25) is 14.8 Å². The zero-order valence-corrected chi connectivity index (χ0v) is 20.7. The standard InChI is InChI=1S/C26H37N7O2/c1-26(2,28)13-17-7-10-32(11-8-17)24(34)29-22-9-12-33(25(35)30-22)19-5-3-18(4-6-19)14-31-15-20-21(16-31)23(20)27/h3-6,9,12,17,20-21,23H,7-8,10-11,13-16,27-28H2,1-2H3,(H,29,30,34,35)/t20-,21+,23+. The predicted octanol–water partition coefficient (Wildman–Crippen LogP) is 1.99. The van der Waals surface area contributed by atoms with E-state index in [-0.39, 0.29) is 17.4 Å². The number of nitrogens with one attached hydrogen (secondary N) is 1. The van der Waals surface area contributed by atoms with Crippen LogP contribution >= 0.6 is 0 Å². The zero-order valence-electron chi connectivity index (χ0n) is 20.7. The van der Waals surface area contributed by atoms with Crippen LogP contribution in [0.25, 0.3) is 5.69 Å². The van der Waals surface area contributed by atoms with Gasteiger partial charge in [-0.15, -0.1) is 0 Å². The zero-order chi connectivity index (χ0) is 24.7. The van der Waals surface area contributed by atoms with Gasteiger partial charge in [0.1, 0.15) is 5.82 Å². The Labute approximate surface area is 206 Å². The molecule has 3 heterocycles. The minimum atomic E-state index is -0.423. The van der Waals surface area contributed by atoms with Gasteiger partial charge in [-0.25, -0.2) is 9.59 Å². The molecule has 2 aromatic rings. The molecule has 3 atom stereocenters. The van der Waals surface area contributed by atoms with Gasteiger partial charge in [0, 0.05) is 50.5 Å². The number of hydrogen-bond acceptors (Lipinski definition) is 6. The fraction of sp³-hybridized carbons (Fsp3) is 0.577. The third kappa shape index (κ3) is 5.58. The Kier molecular flexibility index (Phi) is 6.41. The van der Waals surface area contributed by atoms with Gasteiger partial charge in [-0.2, -0.15) is 4.98 Å². The molecule has 0 spiro atoms. The second kappa shape index (κ2) is 9.37. The van der Waals surface area contributed by atoms with Crippen molar-refractivity contribution in [3.05, 3.63) is 52.6 Å². The van der Waals surface area contributed by atoms with Crippen LogP contribution in [-0.4, -0.2) is 63.1 Å². The van der Waals surface area contributed by atoms with Crippen molar-refractivity contribution >= 4 is 11.8 Å². The quantitative estimate of drug-likeness (QED) is 0.582. The van der Waals surface area contributed by atoms with Crippen molar-refractivity contribution in [1.82, 2.24) is 19.4 Å². The first-order valence-corrected chi connectivity index (χ1v) is 12.7. The number of urea groups is 1. The Morgan fingerprint density at radius 3 is 2.37 bits per heavy atom. The van der Waals surface area contributed by atoms with E-state index >= 15 is 0 Å². The second-order valence-electron chi connectivity index (χ2n) is 11.3. The summed E-state index contributed by atoms with van der Waals surface area (Å²) in [6, 6.07) is 9.83. The maximum atomic E-state index is 12.7. The van der Waals surface area contributed by atoms with Gasteiger partial charge < -0.3 is 16.4 Å². The number of fused-ring (bicyclic) bond motifs is 1. The van der Waals surface area contributed by atoms with Gasteiger partial charge in [-0.1, -0.05) is 12.1 Å². The van der Waals surface area contributed by atoms with Crippen LogP contribution in [0.5, 0.6) is 0 Å². The summed E-state index contributed by atoms with van der Waals surface area (Å²) >= 11 is 0. The average Bonchev–Trinajstić information content (AvgIpc) is 3.19. The summed E-state index contributed by atoms with van der Waals surface area (Å²) < 4.78 is 1.49. The molecule has 1 saturated carbocycles. The van der Waals surface area contributed by atoms with E-state index in [1.807, 2.05) is 26.0 Å². The van der Waals surface area contributed by atoms with Gasteiger partial charge in [0.15, 0.2) is 0 Å². The van der Waals surface area contributed by atoms with Gasteiger partial charge >= 0.3 is 11.7 Å². The Morgan fingerprint density at radius 1 is 1.11 bits per heavy atom. The van der Waals surface area contributed by atoms with Crippen molar-refractivity contribution < 1.29 is 4.79 Å². The summed E-state index contributed by atoms with van der Waals surface area (Å²) in [5, 5.41) is 2.78. The van der Waals surface area contributed by atoms with Crippen LogP contribution < -0.4 is 22.5 Å². The van der Waals surface area contributed by atoms with Crippen molar-refractivity contribution in [2.24, 2.45) is 29.2 Å². The van der Waals surface area contributed by atoms with Crippen molar-refractivity contribution in [2.75, 3.05) is 31.5 Å². The van der Waals surface area contributed by atoms with E-state index in [1.54, 1.807) is 17.2 Å². The lowest BCUT2D eigenvalue weighted by Crippen LogP contribution is -2.43. The number of carbonyl (C=O) groups is 1. The van der Waals surface area contributed by atoms with E-state index in [0.717, 1.165) is 44.6 Å². The van der Waals surface area contributed by atoms with Crippen LogP contribution in [-0.2, 0) is 6.54 Å². The fourth-order valence-corrected chi connectivity index (χ4v) is 5.75. The van der Waals surface area contributed by atoms with Crippen molar-refractivity contribution in [3.8, 4) is 5.69 Å². The molecule has 0 radical (unpaired) electrons. The number of rotatable bonds is 6. The van der Waals surface area contributed by atoms with Gasteiger partial charge in [0.25, 0.3) is 0 Å². The molecule has 5 N–H and O–H groups in total. The number of anilines is 1. The number of benzene rings is 1. The summed E-state index contributed by atoms with van der Waals surface area (Å²) in [7, 11) is 0. The van der Waals surface area contributed by atoms with Crippen LogP contribution in [0.3, 0.4) is 0 Å². The van der Waals surface area contributed by atoms with Crippen LogP contribution in [0.2, 0.25) is 0 Å². The maximum absolute atomic E-state index is 12.7. The molecule has 2 saturated heterocycles. The molecule has 1 aromatic heterocycles. The van der Waals surface area contributed by atoms with Gasteiger partial charge in [-0.05, 0) is 74.6 Å². The molecule has 9 heteroatoms. The number of aromatic nitrogens is 2. The first-order chi connectivity index (χ1) is 16.7. The largest absolute Gasteiger partial charge is 0.354 e. The van der Waals surface area contributed by atoms with E-state index in [2.05, 4.69) is 27.3 Å². The SMILES string of the molecule is CC(C)(N)CC1CCN(C(=O)Nc2ccn(-c3ccc(CN4C[C@@H]5[C@@H](N)[C@@H]5C4)cc3)c(=O)n2)CC1. The molecule has 0 bridgehead atoms. The number of nitrogens with zero attached hydrogens (tertiary/aromatic N) is 4. The summed E-state index contributed by atoms with van der Waals surface area (Å²) in [5.74, 6) is 2.15. The minimum Gasteiger partial charge on any atom is -0.327 e. The molecule has 3 fully saturated rings. The number of likely N-dealkylation sites (tertiary alicyclic amines) is 2. The Bertz CT molecular complexity index is 1100. The molecule has 2 aliphatic heterocycles. The first kappa shape index (κ1) is 24.0. The van der Waals surface area contributed by atoms with Crippen LogP contribution in [0, 0.1) is 17.8 Å². The number of hydrogen-bond donors (Lipinski definition) is 3. The van der Waals surface area contributed by atoms with Gasteiger partial charge in [0.2, 0.25) is 0 Å². The smallest absolute Gasteiger partial charge is 0.327 e. The lowest BCUT2D eigenvalue weighted by Gasteiger charge is -2.34. The highest BCUT2D eigenvalue weighted by atomic mass is 16.2. The third-order valence-corrected chi connectivity index (χ3v) is 7.71. The number of piperidine rings is 2. The van der Waals surface area contributed by atoms with E-state index in [9.17, 15) is 9.59 Å². The van der Waals surface area contributed by atoms with E-state index in [1.165, 1.54) is 10.1 Å². The van der Waals surface area contributed by atoms with Gasteiger partial charge in [0.05, 0.1) is 5.69 Å². The van der Waals surface area contributed by atoms with E-state index in [0.29, 0.717) is 36.9 Å². The van der Waals surface area contributed by atoms with Crippen LogP contribution in [0.4, 0.5) is 10.6 Å². The summed E-state index contributed by atoms with van der Waals surface area (Å²) in [4.78, 5) is 33.7. The molecule has 5 rings (SSSR count). The Morgan fingerprint density at radius 2 is 1.77 bits per heavy atom. The van der Waals surface area contributed by atoms with E-state index < -0.39 is 5.69 Å². The van der Waals surface area contributed by atoms with Crippen molar-refractivity contribution in [3.63, 3.8) is 0 Å². The monoisotopic (exact) mass is 479 g/mol. The molecule has 3 aliphatic rings. The molecule has 1 aliphatic carbocycles. The molecule has 9 nitrogen and oxygen atoms in total. The van der Waals surface area contributed by atoms with Crippen LogP contribution in [0.15, 0.2) is 41.3 Å². The highest BCUT2D eigenvalue weighted by molar-refractivity contribution is 5.88. The maximum Gasteiger partial charge on any atom is 0.354 e. The highest BCUT2D eigenvalue weighted by Gasteiger charge is 2.53. The molecule has 0 unspecified atom stereocenters. The summed E-state index contributed by atoms with van der Waals surface area (Å²) in [5.41, 5.74) is 13.5.